The van der Waals surface area contributed by atoms with Crippen LogP contribution in [0.2, 0.25) is 0 Å². The summed E-state index contributed by atoms with van der Waals surface area (Å²) in [6.45, 7) is 0. The Balaban J connectivity index is 3.05. The smallest absolute Gasteiger partial charge is 0.233 e. The molecule has 0 atom stereocenters. The van der Waals surface area contributed by atoms with E-state index in [-0.39, 0.29) is 4.90 Å². The highest BCUT2D eigenvalue weighted by Gasteiger charge is 2.16. The van der Waals surface area contributed by atoms with Crippen LogP contribution in [0.25, 0.3) is 0 Å². The fourth-order valence-corrected chi connectivity index (χ4v) is 2.00. The summed E-state index contributed by atoms with van der Waals surface area (Å²) in [4.78, 5) is 10.3. The Bertz CT molecular complexity index is 438. The minimum Gasteiger partial charge on any atom is -0.369 e. The lowest BCUT2D eigenvalue weighted by molar-refractivity contribution is -0.115. The van der Waals surface area contributed by atoms with Crippen molar-refractivity contribution in [1.82, 2.24) is 0 Å². The number of halogens is 1. The van der Waals surface area contributed by atoms with Crippen LogP contribution in [0.3, 0.4) is 0 Å². The zero-order valence-corrected chi connectivity index (χ0v) is 7.92. The van der Waals surface area contributed by atoms with Gasteiger partial charge >= 0.3 is 0 Å². The number of carbonyl (C=O) groups is 1. The van der Waals surface area contributed by atoms with Gasteiger partial charge < -0.3 is 5.73 Å². The number of primary amides is 1. The Morgan fingerprint density at radius 3 is 2.21 bits per heavy atom. The third-order valence-electron chi connectivity index (χ3n) is 1.51. The van der Waals surface area contributed by atoms with Crippen molar-refractivity contribution in [3.8, 4) is 0 Å². The highest BCUT2D eigenvalue weighted by molar-refractivity contribution is 7.92. The lowest BCUT2D eigenvalue weighted by Gasteiger charge is -2.00. The third-order valence-corrected chi connectivity index (χ3v) is 3.16. The normalized spacial score (nSPS) is 11.2. The molecule has 0 spiro atoms. The molecule has 0 unspecified atom stereocenters. The summed E-state index contributed by atoms with van der Waals surface area (Å²) in [5.41, 5.74) is 4.75. The summed E-state index contributed by atoms with van der Waals surface area (Å²) in [6.07, 6.45) is 0. The van der Waals surface area contributed by atoms with E-state index in [0.29, 0.717) is 0 Å². The maximum absolute atomic E-state index is 12.5. The van der Waals surface area contributed by atoms with Crippen molar-refractivity contribution < 1.29 is 17.6 Å². The summed E-state index contributed by atoms with van der Waals surface area (Å²) in [5, 5.41) is 0. The van der Waals surface area contributed by atoms with E-state index in [2.05, 4.69) is 0 Å². The van der Waals surface area contributed by atoms with Gasteiger partial charge in [-0.05, 0) is 24.3 Å². The molecule has 0 heterocycles. The zero-order valence-electron chi connectivity index (χ0n) is 7.10. The van der Waals surface area contributed by atoms with Crippen LogP contribution in [0.15, 0.2) is 29.2 Å². The molecule has 2 N–H and O–H groups in total. The first kappa shape index (κ1) is 10.6. The molecule has 0 fully saturated rings. The third kappa shape index (κ3) is 2.53. The van der Waals surface area contributed by atoms with E-state index in [1.165, 1.54) is 0 Å². The minimum absolute atomic E-state index is 0.113. The minimum atomic E-state index is -3.72. The van der Waals surface area contributed by atoms with Crippen LogP contribution in [0.5, 0.6) is 0 Å². The number of sulfone groups is 1. The van der Waals surface area contributed by atoms with Gasteiger partial charge in [0, 0.05) is 0 Å². The van der Waals surface area contributed by atoms with Gasteiger partial charge in [0.05, 0.1) is 4.90 Å². The van der Waals surface area contributed by atoms with Gasteiger partial charge in [0.2, 0.25) is 5.91 Å². The summed E-state index contributed by atoms with van der Waals surface area (Å²) in [7, 11) is -3.72. The molecule has 6 heteroatoms. The summed E-state index contributed by atoms with van der Waals surface area (Å²) >= 11 is 0. The molecule has 4 nitrogen and oxygen atoms in total. The highest BCUT2D eigenvalue weighted by atomic mass is 32.2. The van der Waals surface area contributed by atoms with Gasteiger partial charge in [-0.2, -0.15) is 0 Å². The maximum Gasteiger partial charge on any atom is 0.233 e. The molecule has 0 saturated carbocycles. The Morgan fingerprint density at radius 2 is 1.79 bits per heavy atom. The predicted octanol–water partition coefficient (Wildman–Crippen LogP) is 0.0847. The molecule has 0 bridgehead atoms. The van der Waals surface area contributed by atoms with Crippen LogP contribution < -0.4 is 5.73 Å². The quantitative estimate of drug-likeness (QED) is 0.728. The second-order valence-electron chi connectivity index (χ2n) is 2.68. The van der Waals surface area contributed by atoms with E-state index in [1.807, 2.05) is 0 Å². The van der Waals surface area contributed by atoms with Crippen LogP contribution in [0.4, 0.5) is 4.39 Å². The Morgan fingerprint density at radius 1 is 1.29 bits per heavy atom. The molecule has 0 radical (unpaired) electrons. The van der Waals surface area contributed by atoms with E-state index in [9.17, 15) is 17.6 Å². The molecule has 0 aliphatic heterocycles. The Kier molecular flexibility index (Phi) is 2.85. The van der Waals surface area contributed by atoms with E-state index in [0.717, 1.165) is 24.3 Å². The average molecular weight is 217 g/mol. The average Bonchev–Trinajstić information content (AvgIpc) is 2.02. The molecule has 76 valence electrons. The van der Waals surface area contributed by atoms with Gasteiger partial charge in [-0.1, -0.05) is 0 Å². The lowest BCUT2D eigenvalue weighted by Crippen LogP contribution is -2.23. The summed E-state index contributed by atoms with van der Waals surface area (Å²) in [6, 6.07) is 4.20. The van der Waals surface area contributed by atoms with E-state index in [4.69, 9.17) is 5.73 Å². The van der Waals surface area contributed by atoms with Gasteiger partial charge in [-0.25, -0.2) is 12.8 Å². The molecule has 1 amide bonds. The van der Waals surface area contributed by atoms with Crippen molar-refractivity contribution in [3.63, 3.8) is 0 Å². The number of hydrogen-bond donors (Lipinski definition) is 1. The Hall–Kier alpha value is -1.43. The van der Waals surface area contributed by atoms with Crippen molar-refractivity contribution in [1.29, 1.82) is 0 Å². The predicted molar refractivity (Wildman–Crippen MR) is 47.6 cm³/mol. The van der Waals surface area contributed by atoms with Crippen LogP contribution in [-0.4, -0.2) is 20.1 Å². The molecule has 14 heavy (non-hydrogen) atoms. The van der Waals surface area contributed by atoms with Gasteiger partial charge in [0.1, 0.15) is 11.6 Å². The molecular formula is C8H8FNO3S. The van der Waals surface area contributed by atoms with Crippen molar-refractivity contribution in [2.75, 3.05) is 5.75 Å². The molecule has 0 aromatic heterocycles. The molecule has 0 aliphatic carbocycles. The fourth-order valence-electron chi connectivity index (χ4n) is 0.913. The fraction of sp³-hybridized carbons (Fsp3) is 0.125. The van der Waals surface area contributed by atoms with Crippen molar-refractivity contribution in [2.45, 2.75) is 4.90 Å². The second-order valence-corrected chi connectivity index (χ2v) is 4.67. The van der Waals surface area contributed by atoms with E-state index in [1.54, 1.807) is 0 Å². The molecule has 1 aromatic carbocycles. The van der Waals surface area contributed by atoms with E-state index >= 15 is 0 Å². The van der Waals surface area contributed by atoms with Crippen molar-refractivity contribution in [2.24, 2.45) is 5.73 Å². The van der Waals surface area contributed by atoms with Gasteiger partial charge in [0.15, 0.2) is 9.84 Å². The van der Waals surface area contributed by atoms with Crippen LogP contribution in [0.1, 0.15) is 0 Å². The number of carbonyl (C=O) groups excluding carboxylic acids is 1. The molecule has 1 aromatic rings. The topological polar surface area (TPSA) is 77.2 Å². The largest absolute Gasteiger partial charge is 0.369 e. The lowest BCUT2D eigenvalue weighted by atomic mass is 10.4. The number of benzene rings is 1. The van der Waals surface area contributed by atoms with Gasteiger partial charge in [-0.15, -0.1) is 0 Å². The van der Waals surface area contributed by atoms with Gasteiger partial charge in [0.25, 0.3) is 0 Å². The van der Waals surface area contributed by atoms with Crippen molar-refractivity contribution in [3.05, 3.63) is 30.1 Å². The summed E-state index contributed by atoms with van der Waals surface area (Å²) < 4.78 is 35.1. The number of rotatable bonds is 3. The van der Waals surface area contributed by atoms with Crippen molar-refractivity contribution >= 4 is 15.7 Å². The molecule has 0 saturated heterocycles. The second kappa shape index (κ2) is 3.75. The highest BCUT2D eigenvalue weighted by Crippen LogP contribution is 2.11. The van der Waals surface area contributed by atoms with E-state index < -0.39 is 27.3 Å². The molecular weight excluding hydrogens is 209 g/mol. The number of nitrogens with two attached hydrogens (primary N) is 1. The number of hydrogen-bond acceptors (Lipinski definition) is 3. The first-order valence-electron chi connectivity index (χ1n) is 3.68. The van der Waals surface area contributed by atoms with Crippen LogP contribution in [0, 0.1) is 5.82 Å². The SMILES string of the molecule is NC(=O)CS(=O)(=O)c1ccc(F)cc1. The Labute approximate surface area is 80.5 Å². The van der Waals surface area contributed by atoms with Gasteiger partial charge in [-0.3, -0.25) is 4.79 Å². The number of amides is 1. The monoisotopic (exact) mass is 217 g/mol. The first-order chi connectivity index (χ1) is 6.42. The molecule has 0 aliphatic rings. The first-order valence-corrected chi connectivity index (χ1v) is 5.34. The molecule has 1 rings (SSSR count). The zero-order chi connectivity index (χ0) is 10.8. The van der Waals surface area contributed by atoms with Crippen LogP contribution >= 0.6 is 0 Å². The standard InChI is InChI=1S/C8H8FNO3S/c9-6-1-3-7(4-2-6)14(12,13)5-8(10)11/h1-4H,5H2,(H2,10,11). The maximum atomic E-state index is 12.5. The summed E-state index contributed by atoms with van der Waals surface area (Å²) in [5.74, 6) is -2.24. The van der Waals surface area contributed by atoms with Crippen LogP contribution in [-0.2, 0) is 14.6 Å².